The highest BCUT2D eigenvalue weighted by Gasteiger charge is 2.20. The summed E-state index contributed by atoms with van der Waals surface area (Å²) in [5.74, 6) is 0.247. The third kappa shape index (κ3) is 4.83. The molecule has 1 aliphatic carbocycles. The van der Waals surface area contributed by atoms with Gasteiger partial charge in [0.15, 0.2) is 0 Å². The first-order valence-electron chi connectivity index (χ1n) is 14.9. The Morgan fingerprint density at radius 3 is 1.89 bits per heavy atom. The van der Waals surface area contributed by atoms with E-state index >= 15 is 0 Å². The van der Waals surface area contributed by atoms with E-state index in [2.05, 4.69) is 65.6 Å². The quantitative estimate of drug-likeness (QED) is 0.166. The summed E-state index contributed by atoms with van der Waals surface area (Å²) in [6.07, 6.45) is 8.69. The van der Waals surface area contributed by atoms with Crippen LogP contribution in [0.2, 0.25) is 0 Å². The Hall–Kier alpha value is -5.84. The average Bonchev–Trinajstić information content (AvgIpc) is 3.07. The molecule has 1 N–H and O–H groups in total. The van der Waals surface area contributed by atoms with Crippen molar-refractivity contribution in [2.75, 3.05) is 4.90 Å². The molecule has 4 nitrogen and oxygen atoms in total. The maximum Gasteiger partial charge on any atom is 0.115 e. The molecule has 0 heterocycles. The van der Waals surface area contributed by atoms with Crippen LogP contribution in [-0.2, 0) is 12.8 Å². The molecule has 0 saturated heterocycles. The second-order valence-electron chi connectivity index (χ2n) is 11.2. The Balaban J connectivity index is 1.24. The fraction of sp³-hybridized carbons (Fsp3) is 0.100. The minimum atomic E-state index is 0.247. The van der Waals surface area contributed by atoms with Gasteiger partial charge in [-0.2, -0.15) is 10.5 Å². The molecule has 0 fully saturated rings. The van der Waals surface area contributed by atoms with E-state index in [1.165, 1.54) is 29.7 Å². The van der Waals surface area contributed by atoms with Crippen LogP contribution in [-0.4, -0.2) is 5.11 Å². The molecule has 0 spiro atoms. The summed E-state index contributed by atoms with van der Waals surface area (Å²) in [4.78, 5) is 2.28. The zero-order valence-corrected chi connectivity index (χ0v) is 24.2. The molecule has 1 aliphatic rings. The molecule has 210 valence electrons. The van der Waals surface area contributed by atoms with Crippen molar-refractivity contribution >= 4 is 50.8 Å². The fourth-order valence-electron chi connectivity index (χ4n) is 6.47. The van der Waals surface area contributed by atoms with Gasteiger partial charge in [0.1, 0.15) is 17.9 Å². The lowest BCUT2D eigenvalue weighted by atomic mass is 9.90. The van der Waals surface area contributed by atoms with Crippen LogP contribution in [0.25, 0.3) is 33.7 Å². The number of anilines is 3. The Bertz CT molecular complexity index is 2150. The molecule has 6 aromatic rings. The highest BCUT2D eigenvalue weighted by molar-refractivity contribution is 6.09. The monoisotopic (exact) mass is 567 g/mol. The van der Waals surface area contributed by atoms with Gasteiger partial charge in [-0.15, -0.1) is 0 Å². The van der Waals surface area contributed by atoms with Gasteiger partial charge in [-0.1, -0.05) is 72.8 Å². The molecular formula is C40H29N3O. The number of nitriles is 2. The molecule has 0 bridgehead atoms. The predicted molar refractivity (Wildman–Crippen MR) is 179 cm³/mol. The number of phenols is 1. The first kappa shape index (κ1) is 27.0. The van der Waals surface area contributed by atoms with Crippen LogP contribution in [0.4, 0.5) is 17.1 Å². The van der Waals surface area contributed by atoms with E-state index in [0.717, 1.165) is 56.9 Å². The van der Waals surface area contributed by atoms with Gasteiger partial charge >= 0.3 is 0 Å². The van der Waals surface area contributed by atoms with Crippen LogP contribution in [0.15, 0.2) is 109 Å². The van der Waals surface area contributed by atoms with Gasteiger partial charge in [0.05, 0.1) is 11.1 Å². The smallest absolute Gasteiger partial charge is 0.115 e. The number of rotatable bonds is 5. The summed E-state index contributed by atoms with van der Waals surface area (Å²) in [6.45, 7) is 0. The summed E-state index contributed by atoms with van der Waals surface area (Å²) in [6, 6.07) is 40.7. The van der Waals surface area contributed by atoms with Crippen molar-refractivity contribution in [3.63, 3.8) is 0 Å². The SMILES string of the molecule is N#Cc1c2ccccc2c(C#N)c2cc(C=Cc3ccc(N(c4ccc(O)cc4)c4cccc5c4CCCC5)cc3)ccc12. The van der Waals surface area contributed by atoms with Gasteiger partial charge in [-0.05, 0) is 96.5 Å². The highest BCUT2D eigenvalue weighted by Crippen LogP contribution is 2.40. The van der Waals surface area contributed by atoms with Crippen LogP contribution >= 0.6 is 0 Å². The van der Waals surface area contributed by atoms with Gasteiger partial charge in [0, 0.05) is 38.6 Å². The molecule has 0 unspecified atom stereocenters. The molecule has 0 aliphatic heterocycles. The highest BCUT2D eigenvalue weighted by atomic mass is 16.3. The molecule has 4 heteroatoms. The van der Waals surface area contributed by atoms with Crippen molar-refractivity contribution in [3.8, 4) is 17.9 Å². The lowest BCUT2D eigenvalue weighted by Crippen LogP contribution is -2.15. The zero-order chi connectivity index (χ0) is 30.0. The fourth-order valence-corrected chi connectivity index (χ4v) is 6.47. The average molecular weight is 568 g/mol. The third-order valence-electron chi connectivity index (χ3n) is 8.61. The largest absolute Gasteiger partial charge is 0.508 e. The Kier molecular flexibility index (Phi) is 7.03. The molecule has 7 rings (SSSR count). The van der Waals surface area contributed by atoms with Crippen molar-refractivity contribution < 1.29 is 5.11 Å². The second-order valence-corrected chi connectivity index (χ2v) is 11.2. The number of aryl methyl sites for hydroxylation is 1. The predicted octanol–water partition coefficient (Wildman–Crippen LogP) is 9.96. The minimum Gasteiger partial charge on any atom is -0.508 e. The van der Waals surface area contributed by atoms with Crippen molar-refractivity contribution in [2.24, 2.45) is 0 Å². The van der Waals surface area contributed by atoms with Crippen LogP contribution in [0.5, 0.6) is 5.75 Å². The van der Waals surface area contributed by atoms with E-state index < -0.39 is 0 Å². The van der Waals surface area contributed by atoms with Crippen molar-refractivity contribution in [3.05, 3.63) is 143 Å². The number of hydrogen-bond acceptors (Lipinski definition) is 4. The number of aromatic hydroxyl groups is 1. The normalized spacial score (nSPS) is 12.6. The summed E-state index contributed by atoms with van der Waals surface area (Å²) in [5.41, 5.74) is 9.24. The van der Waals surface area contributed by atoms with Crippen LogP contribution in [0.3, 0.4) is 0 Å². The van der Waals surface area contributed by atoms with E-state index in [1.54, 1.807) is 12.1 Å². The van der Waals surface area contributed by atoms with Gasteiger partial charge in [0.25, 0.3) is 0 Å². The van der Waals surface area contributed by atoms with E-state index in [4.69, 9.17) is 0 Å². The lowest BCUT2D eigenvalue weighted by Gasteiger charge is -2.30. The van der Waals surface area contributed by atoms with Crippen LogP contribution in [0.1, 0.15) is 46.2 Å². The van der Waals surface area contributed by atoms with E-state index in [-0.39, 0.29) is 5.75 Å². The van der Waals surface area contributed by atoms with Crippen LogP contribution < -0.4 is 4.90 Å². The Labute approximate surface area is 257 Å². The van der Waals surface area contributed by atoms with E-state index in [1.807, 2.05) is 60.7 Å². The van der Waals surface area contributed by atoms with E-state index in [9.17, 15) is 15.6 Å². The minimum absolute atomic E-state index is 0.247. The molecule has 0 amide bonds. The first-order valence-corrected chi connectivity index (χ1v) is 14.9. The van der Waals surface area contributed by atoms with E-state index in [0.29, 0.717) is 11.1 Å². The molecule has 0 atom stereocenters. The number of fused-ring (bicyclic) bond motifs is 3. The topological polar surface area (TPSA) is 71.0 Å². The summed E-state index contributed by atoms with van der Waals surface area (Å²) in [5, 5.41) is 33.1. The molecular weight excluding hydrogens is 538 g/mol. The number of hydrogen-bond donors (Lipinski definition) is 1. The molecule has 44 heavy (non-hydrogen) atoms. The molecule has 0 saturated carbocycles. The molecule has 0 radical (unpaired) electrons. The number of phenolic OH excluding ortho intramolecular Hbond substituents is 1. The van der Waals surface area contributed by atoms with Gasteiger partial charge in [-0.3, -0.25) is 0 Å². The Morgan fingerprint density at radius 2 is 1.18 bits per heavy atom. The number of benzene rings is 6. The van der Waals surface area contributed by atoms with Gasteiger partial charge in [-0.25, -0.2) is 0 Å². The van der Waals surface area contributed by atoms with Crippen molar-refractivity contribution in [2.45, 2.75) is 25.7 Å². The molecule has 6 aromatic carbocycles. The first-order chi connectivity index (χ1) is 21.6. The second kappa shape index (κ2) is 11.4. The third-order valence-corrected chi connectivity index (χ3v) is 8.61. The number of nitrogens with zero attached hydrogens (tertiary/aromatic N) is 3. The Morgan fingerprint density at radius 1 is 0.591 bits per heavy atom. The summed E-state index contributed by atoms with van der Waals surface area (Å²) in [7, 11) is 0. The summed E-state index contributed by atoms with van der Waals surface area (Å²) < 4.78 is 0. The van der Waals surface area contributed by atoms with Gasteiger partial charge < -0.3 is 10.0 Å². The maximum atomic E-state index is 10.0. The van der Waals surface area contributed by atoms with Crippen molar-refractivity contribution in [1.29, 1.82) is 10.5 Å². The van der Waals surface area contributed by atoms with Crippen molar-refractivity contribution in [1.82, 2.24) is 0 Å². The molecule has 0 aromatic heterocycles. The standard InChI is InChI=1S/C40H29N3O/c41-25-38-34-9-3-4-10-35(34)39(26-42)37-24-28(16-23-36(37)38)13-12-27-14-17-30(18-15-27)43(31-19-21-32(44)22-20-31)40-11-5-7-29-6-1-2-8-33(29)40/h3-5,7,9-24,44H,1-2,6,8H2. The maximum absolute atomic E-state index is 10.0. The van der Waals surface area contributed by atoms with Gasteiger partial charge in [0.2, 0.25) is 0 Å². The lowest BCUT2D eigenvalue weighted by molar-refractivity contribution is 0.475. The summed E-state index contributed by atoms with van der Waals surface area (Å²) >= 11 is 0. The zero-order valence-electron chi connectivity index (χ0n) is 24.2. The van der Waals surface area contributed by atoms with Crippen LogP contribution in [0, 0.1) is 22.7 Å².